The predicted octanol–water partition coefficient (Wildman–Crippen LogP) is 2.90. The normalized spacial score (nSPS) is 9.14. The molecule has 0 aliphatic heterocycles. The Hall–Kier alpha value is -0.963. The zero-order chi connectivity index (χ0) is 8.93. The predicted molar refractivity (Wildman–Crippen MR) is 61.4 cm³/mol. The van der Waals surface area contributed by atoms with Gasteiger partial charge in [-0.15, -0.1) is 0 Å². The minimum Gasteiger partial charge on any atom is -0.0622 e. The summed E-state index contributed by atoms with van der Waals surface area (Å²) < 4.78 is 0. The van der Waals surface area contributed by atoms with E-state index in [-0.39, 0.29) is 18.9 Å². The van der Waals surface area contributed by atoms with Gasteiger partial charge in [-0.25, -0.2) is 0 Å². The fourth-order valence-electron chi connectivity index (χ4n) is 1.43. The van der Waals surface area contributed by atoms with Gasteiger partial charge in [-0.1, -0.05) is 60.7 Å². The molecule has 0 amide bonds. The average molecular weight is 175 g/mol. The van der Waals surface area contributed by atoms with Crippen LogP contribution >= 0.6 is 0 Å². The Balaban J connectivity index is 0.000000980. The van der Waals surface area contributed by atoms with Crippen molar-refractivity contribution in [3.05, 3.63) is 71.8 Å². The molecule has 0 spiro atoms. The van der Waals surface area contributed by atoms with Crippen LogP contribution in [0.4, 0.5) is 0 Å². The topological polar surface area (TPSA) is 0 Å². The molecule has 0 saturated carbocycles. The van der Waals surface area contributed by atoms with Gasteiger partial charge in [-0.2, -0.15) is 0 Å². The van der Waals surface area contributed by atoms with Crippen molar-refractivity contribution in [1.29, 1.82) is 0 Å². The molecule has 2 aromatic carbocycles. The summed E-state index contributed by atoms with van der Waals surface area (Å²) in [6.07, 6.45) is 1.03. The Bertz CT molecular complexity index is 316. The molecule has 0 heterocycles. The van der Waals surface area contributed by atoms with E-state index in [9.17, 15) is 0 Å². The zero-order valence-corrected chi connectivity index (χ0v) is 8.48. The van der Waals surface area contributed by atoms with E-state index in [0.29, 0.717) is 0 Å². The van der Waals surface area contributed by atoms with Crippen molar-refractivity contribution in [2.75, 3.05) is 0 Å². The maximum Gasteiger partial charge on any atom is 0 e. The molecule has 0 atom stereocenters. The SMILES string of the molecule is [Li].c1ccc(Cc2ccccc2)cc1. The van der Waals surface area contributed by atoms with E-state index in [2.05, 4.69) is 60.7 Å². The summed E-state index contributed by atoms with van der Waals surface area (Å²) in [4.78, 5) is 0. The van der Waals surface area contributed by atoms with E-state index >= 15 is 0 Å². The molecular formula is C13H12Li. The minimum absolute atomic E-state index is 0. The second kappa shape index (κ2) is 5.70. The molecular weight excluding hydrogens is 163 g/mol. The molecule has 0 nitrogen and oxygen atoms in total. The van der Waals surface area contributed by atoms with E-state index < -0.39 is 0 Å². The summed E-state index contributed by atoms with van der Waals surface area (Å²) >= 11 is 0. The van der Waals surface area contributed by atoms with Crippen molar-refractivity contribution in [3.63, 3.8) is 0 Å². The van der Waals surface area contributed by atoms with Gasteiger partial charge in [0.2, 0.25) is 0 Å². The minimum atomic E-state index is 0. The number of rotatable bonds is 2. The first-order chi connectivity index (χ1) is 6.45. The Morgan fingerprint density at radius 2 is 0.929 bits per heavy atom. The summed E-state index contributed by atoms with van der Waals surface area (Å²) in [5, 5.41) is 0. The molecule has 0 aliphatic rings. The molecule has 0 bridgehead atoms. The summed E-state index contributed by atoms with van der Waals surface area (Å²) in [5.41, 5.74) is 2.74. The molecule has 1 radical (unpaired) electrons. The van der Waals surface area contributed by atoms with Crippen LogP contribution in [0, 0.1) is 0 Å². The molecule has 14 heavy (non-hydrogen) atoms. The zero-order valence-electron chi connectivity index (χ0n) is 8.48. The van der Waals surface area contributed by atoms with Crippen LogP contribution in [0.2, 0.25) is 0 Å². The van der Waals surface area contributed by atoms with E-state index in [4.69, 9.17) is 0 Å². The van der Waals surface area contributed by atoms with Crippen LogP contribution in [0.1, 0.15) is 11.1 Å². The number of benzene rings is 2. The molecule has 65 valence electrons. The van der Waals surface area contributed by atoms with Crippen molar-refractivity contribution >= 4 is 18.9 Å². The average Bonchev–Trinajstić information content (AvgIpc) is 2.21. The third-order valence-corrected chi connectivity index (χ3v) is 2.09. The summed E-state index contributed by atoms with van der Waals surface area (Å²) in [6, 6.07) is 21.1. The van der Waals surface area contributed by atoms with Gasteiger partial charge in [0, 0.05) is 18.9 Å². The van der Waals surface area contributed by atoms with Crippen molar-refractivity contribution in [2.24, 2.45) is 0 Å². The van der Waals surface area contributed by atoms with Crippen LogP contribution in [0.5, 0.6) is 0 Å². The first kappa shape index (κ1) is 11.1. The quantitative estimate of drug-likeness (QED) is 0.615. The molecule has 0 aromatic heterocycles. The maximum absolute atomic E-state index is 2.16. The first-order valence-electron chi connectivity index (χ1n) is 4.53. The molecule has 0 aliphatic carbocycles. The van der Waals surface area contributed by atoms with Gasteiger partial charge in [-0.3, -0.25) is 0 Å². The maximum atomic E-state index is 2.16. The smallest absolute Gasteiger partial charge is 0 e. The van der Waals surface area contributed by atoms with Crippen molar-refractivity contribution in [2.45, 2.75) is 6.42 Å². The molecule has 0 fully saturated rings. The largest absolute Gasteiger partial charge is 0.0622 e. The summed E-state index contributed by atoms with van der Waals surface area (Å²) in [5.74, 6) is 0. The summed E-state index contributed by atoms with van der Waals surface area (Å²) in [7, 11) is 0. The third-order valence-electron chi connectivity index (χ3n) is 2.09. The van der Waals surface area contributed by atoms with Gasteiger partial charge in [0.05, 0.1) is 0 Å². The van der Waals surface area contributed by atoms with Crippen molar-refractivity contribution < 1.29 is 0 Å². The van der Waals surface area contributed by atoms with Gasteiger partial charge in [0.1, 0.15) is 0 Å². The van der Waals surface area contributed by atoms with Gasteiger partial charge < -0.3 is 0 Å². The van der Waals surface area contributed by atoms with E-state index in [1.807, 2.05) is 0 Å². The van der Waals surface area contributed by atoms with Gasteiger partial charge in [0.25, 0.3) is 0 Å². The van der Waals surface area contributed by atoms with Crippen LogP contribution in [0.15, 0.2) is 60.7 Å². The second-order valence-electron chi connectivity index (χ2n) is 3.15. The van der Waals surface area contributed by atoms with Crippen LogP contribution in [-0.4, -0.2) is 18.9 Å². The van der Waals surface area contributed by atoms with Crippen LogP contribution < -0.4 is 0 Å². The molecule has 2 rings (SSSR count). The third kappa shape index (κ3) is 3.07. The van der Waals surface area contributed by atoms with Gasteiger partial charge in [0.15, 0.2) is 0 Å². The first-order valence-corrected chi connectivity index (χ1v) is 4.53. The molecule has 2 aromatic rings. The van der Waals surface area contributed by atoms with Crippen LogP contribution in [-0.2, 0) is 6.42 Å². The van der Waals surface area contributed by atoms with Gasteiger partial charge in [-0.05, 0) is 17.5 Å². The Labute approximate surface area is 97.2 Å². The fraction of sp³-hybridized carbons (Fsp3) is 0.0769. The Morgan fingerprint density at radius 3 is 1.29 bits per heavy atom. The van der Waals surface area contributed by atoms with Crippen molar-refractivity contribution in [3.8, 4) is 0 Å². The number of hydrogen-bond donors (Lipinski definition) is 0. The molecule has 0 unspecified atom stereocenters. The van der Waals surface area contributed by atoms with Gasteiger partial charge >= 0.3 is 0 Å². The number of hydrogen-bond acceptors (Lipinski definition) is 0. The van der Waals surface area contributed by atoms with E-state index in [0.717, 1.165) is 6.42 Å². The van der Waals surface area contributed by atoms with Crippen LogP contribution in [0.3, 0.4) is 0 Å². The van der Waals surface area contributed by atoms with Crippen molar-refractivity contribution in [1.82, 2.24) is 0 Å². The second-order valence-corrected chi connectivity index (χ2v) is 3.15. The fourth-order valence-corrected chi connectivity index (χ4v) is 1.43. The monoisotopic (exact) mass is 175 g/mol. The van der Waals surface area contributed by atoms with E-state index in [1.165, 1.54) is 11.1 Å². The Kier molecular flexibility index (Phi) is 4.53. The molecule has 1 heteroatoms. The van der Waals surface area contributed by atoms with Crippen LogP contribution in [0.25, 0.3) is 0 Å². The molecule has 0 saturated heterocycles. The molecule has 0 N–H and O–H groups in total. The van der Waals surface area contributed by atoms with E-state index in [1.54, 1.807) is 0 Å². The Morgan fingerprint density at radius 1 is 0.571 bits per heavy atom. The summed E-state index contributed by atoms with van der Waals surface area (Å²) in [6.45, 7) is 0. The standard InChI is InChI=1S/C13H12.Li/c1-3-7-12(8-4-1)11-13-9-5-2-6-10-13;/h1-10H,11H2;.